The lowest BCUT2D eigenvalue weighted by Gasteiger charge is -2.27. The minimum atomic E-state index is -0.647. The van der Waals surface area contributed by atoms with Crippen molar-refractivity contribution in [2.24, 2.45) is 0 Å². The normalized spacial score (nSPS) is 12.3. The maximum Gasteiger partial charge on any atom is 0.410 e. The van der Waals surface area contributed by atoms with E-state index in [9.17, 15) is 9.90 Å². The van der Waals surface area contributed by atoms with Crippen molar-refractivity contribution in [3.05, 3.63) is 12.7 Å². The predicted octanol–water partition coefficient (Wildman–Crippen LogP) is 2.87. The van der Waals surface area contributed by atoms with Crippen LogP contribution in [0, 0.1) is 11.3 Å². The molecule has 1 unspecified atom stereocenters. The summed E-state index contributed by atoms with van der Waals surface area (Å²) in [6.45, 7) is 10.7. The molecule has 1 amide bonds. The zero-order chi connectivity index (χ0) is 17.7. The number of aliphatic hydroxyl groups is 1. The van der Waals surface area contributed by atoms with Gasteiger partial charge in [0, 0.05) is 26.1 Å². The molecule has 0 fully saturated rings. The van der Waals surface area contributed by atoms with Crippen molar-refractivity contribution in [3.63, 3.8) is 0 Å². The number of hydrogen-bond acceptors (Lipinski definition) is 5. The number of aliphatic hydroxyl groups excluding tert-OH is 1. The van der Waals surface area contributed by atoms with Crippen molar-refractivity contribution < 1.29 is 19.4 Å². The van der Waals surface area contributed by atoms with Crippen molar-refractivity contribution in [1.82, 2.24) is 4.90 Å². The molecule has 6 nitrogen and oxygen atoms in total. The maximum absolute atomic E-state index is 12.1. The monoisotopic (exact) mass is 326 g/mol. The molecule has 0 aromatic heterocycles. The van der Waals surface area contributed by atoms with E-state index in [1.165, 1.54) is 0 Å². The first-order chi connectivity index (χ1) is 10.8. The molecule has 0 aliphatic rings. The Morgan fingerprint density at radius 3 is 2.70 bits per heavy atom. The maximum atomic E-state index is 12.1. The summed E-state index contributed by atoms with van der Waals surface area (Å²) in [5, 5.41) is 18.3. The molecule has 0 rings (SSSR count). The van der Waals surface area contributed by atoms with Gasteiger partial charge in [0.1, 0.15) is 5.60 Å². The van der Waals surface area contributed by atoms with Gasteiger partial charge in [0.25, 0.3) is 0 Å². The summed E-state index contributed by atoms with van der Waals surface area (Å²) in [7, 11) is 0. The molecule has 0 aliphatic heterocycles. The molecule has 1 atom stereocenters. The van der Waals surface area contributed by atoms with Gasteiger partial charge in [-0.2, -0.15) is 5.26 Å². The number of nitriles is 1. The van der Waals surface area contributed by atoms with E-state index in [-0.39, 0.29) is 12.7 Å². The van der Waals surface area contributed by atoms with E-state index in [0.29, 0.717) is 45.4 Å². The molecule has 0 saturated heterocycles. The number of hydrogen-bond donors (Lipinski definition) is 1. The van der Waals surface area contributed by atoms with Crippen molar-refractivity contribution in [2.45, 2.75) is 58.2 Å². The summed E-state index contributed by atoms with van der Waals surface area (Å²) in [6.07, 6.45) is 2.89. The fraction of sp³-hybridized carbons (Fsp3) is 0.765. The Hall–Kier alpha value is -1.58. The molecule has 0 aromatic carbocycles. The molecular formula is C17H30N2O4. The lowest BCUT2D eigenvalue weighted by Crippen LogP contribution is -2.39. The Morgan fingerprint density at radius 2 is 2.13 bits per heavy atom. The molecule has 132 valence electrons. The number of unbranched alkanes of at least 4 members (excludes halogenated alkanes) is 1. The molecule has 23 heavy (non-hydrogen) atoms. The van der Waals surface area contributed by atoms with Crippen LogP contribution in [0.15, 0.2) is 12.7 Å². The Morgan fingerprint density at radius 1 is 1.43 bits per heavy atom. The average molecular weight is 326 g/mol. The van der Waals surface area contributed by atoms with Gasteiger partial charge in [-0.25, -0.2) is 4.79 Å². The van der Waals surface area contributed by atoms with E-state index < -0.39 is 11.7 Å². The van der Waals surface area contributed by atoms with Crippen LogP contribution in [-0.4, -0.2) is 54.1 Å². The van der Waals surface area contributed by atoms with E-state index in [0.717, 1.165) is 0 Å². The molecule has 0 spiro atoms. The summed E-state index contributed by atoms with van der Waals surface area (Å²) in [5.74, 6) is 0. The minimum absolute atomic E-state index is 0.203. The van der Waals surface area contributed by atoms with Crippen molar-refractivity contribution in [1.29, 1.82) is 5.26 Å². The Balaban J connectivity index is 4.19. The van der Waals surface area contributed by atoms with Crippen LogP contribution in [0.3, 0.4) is 0 Å². The van der Waals surface area contributed by atoms with Gasteiger partial charge in [-0.05, 0) is 40.0 Å². The Labute approximate surface area is 139 Å². The number of carbonyl (C=O) groups excluding carboxylic acids is 1. The van der Waals surface area contributed by atoms with Crippen LogP contribution in [-0.2, 0) is 9.47 Å². The molecule has 6 heteroatoms. The van der Waals surface area contributed by atoms with Gasteiger partial charge in [0.15, 0.2) is 0 Å². The van der Waals surface area contributed by atoms with E-state index in [1.54, 1.807) is 11.0 Å². The van der Waals surface area contributed by atoms with Gasteiger partial charge in [-0.3, -0.25) is 0 Å². The third-order valence-corrected chi connectivity index (χ3v) is 2.87. The topological polar surface area (TPSA) is 82.8 Å². The van der Waals surface area contributed by atoms with Crippen LogP contribution in [0.25, 0.3) is 0 Å². The van der Waals surface area contributed by atoms with Gasteiger partial charge >= 0.3 is 6.09 Å². The van der Waals surface area contributed by atoms with E-state index in [4.69, 9.17) is 14.7 Å². The SMILES string of the molecule is C=CCCN(CCC(O)COCCCC#N)C(=O)OC(C)(C)C. The molecule has 0 radical (unpaired) electrons. The summed E-state index contributed by atoms with van der Waals surface area (Å²) >= 11 is 0. The van der Waals surface area contributed by atoms with E-state index in [1.807, 2.05) is 26.8 Å². The Kier molecular flexibility index (Phi) is 11.1. The largest absolute Gasteiger partial charge is 0.444 e. The van der Waals surface area contributed by atoms with Gasteiger partial charge in [-0.1, -0.05) is 6.08 Å². The van der Waals surface area contributed by atoms with Crippen LogP contribution in [0.1, 0.15) is 46.5 Å². The molecule has 0 bridgehead atoms. The second kappa shape index (κ2) is 11.9. The van der Waals surface area contributed by atoms with E-state index in [2.05, 4.69) is 6.58 Å². The van der Waals surface area contributed by atoms with Crippen molar-refractivity contribution in [2.75, 3.05) is 26.3 Å². The average Bonchev–Trinajstić information content (AvgIpc) is 2.45. The lowest BCUT2D eigenvalue weighted by atomic mass is 10.2. The lowest BCUT2D eigenvalue weighted by molar-refractivity contribution is 0.0113. The zero-order valence-electron chi connectivity index (χ0n) is 14.6. The minimum Gasteiger partial charge on any atom is -0.444 e. The quantitative estimate of drug-likeness (QED) is 0.466. The highest BCUT2D eigenvalue weighted by molar-refractivity contribution is 5.68. The fourth-order valence-electron chi connectivity index (χ4n) is 1.73. The van der Waals surface area contributed by atoms with Crippen LogP contribution in [0.5, 0.6) is 0 Å². The Bertz CT molecular complexity index is 385. The molecule has 1 N–H and O–H groups in total. The van der Waals surface area contributed by atoms with Crippen LogP contribution in [0.2, 0.25) is 0 Å². The van der Waals surface area contributed by atoms with Gasteiger partial charge < -0.3 is 19.5 Å². The first-order valence-electron chi connectivity index (χ1n) is 8.01. The van der Waals surface area contributed by atoms with Crippen LogP contribution in [0.4, 0.5) is 4.79 Å². The first-order valence-corrected chi connectivity index (χ1v) is 8.01. The number of ether oxygens (including phenoxy) is 2. The highest BCUT2D eigenvalue weighted by Crippen LogP contribution is 2.11. The summed E-state index contributed by atoms with van der Waals surface area (Å²) in [4.78, 5) is 13.7. The van der Waals surface area contributed by atoms with Gasteiger partial charge in [0.05, 0.1) is 18.8 Å². The predicted molar refractivity (Wildman–Crippen MR) is 88.9 cm³/mol. The van der Waals surface area contributed by atoms with Crippen molar-refractivity contribution >= 4 is 6.09 Å². The molecule has 0 aliphatic carbocycles. The highest BCUT2D eigenvalue weighted by atomic mass is 16.6. The first kappa shape index (κ1) is 21.4. The van der Waals surface area contributed by atoms with E-state index >= 15 is 0 Å². The van der Waals surface area contributed by atoms with Gasteiger partial charge in [0.2, 0.25) is 0 Å². The summed E-state index contributed by atoms with van der Waals surface area (Å²) in [6, 6.07) is 2.04. The smallest absolute Gasteiger partial charge is 0.410 e. The zero-order valence-corrected chi connectivity index (χ0v) is 14.6. The number of rotatable bonds is 11. The molecular weight excluding hydrogens is 296 g/mol. The van der Waals surface area contributed by atoms with Gasteiger partial charge in [-0.15, -0.1) is 6.58 Å². The summed E-state index contributed by atoms with van der Waals surface area (Å²) < 4.78 is 10.7. The molecule has 0 aromatic rings. The fourth-order valence-corrected chi connectivity index (χ4v) is 1.73. The number of nitrogens with zero attached hydrogens (tertiary/aromatic N) is 2. The third-order valence-electron chi connectivity index (χ3n) is 2.87. The second-order valence-corrected chi connectivity index (χ2v) is 6.32. The molecule has 0 saturated carbocycles. The third kappa shape index (κ3) is 12.6. The van der Waals surface area contributed by atoms with Crippen LogP contribution >= 0.6 is 0 Å². The highest BCUT2D eigenvalue weighted by Gasteiger charge is 2.22. The number of amides is 1. The molecule has 0 heterocycles. The van der Waals surface area contributed by atoms with Crippen molar-refractivity contribution in [3.8, 4) is 6.07 Å². The second-order valence-electron chi connectivity index (χ2n) is 6.32. The van der Waals surface area contributed by atoms with Crippen LogP contribution < -0.4 is 0 Å². The number of carbonyl (C=O) groups is 1. The standard InChI is InChI=1S/C17H30N2O4/c1-5-6-11-19(16(21)23-17(2,3)4)12-9-15(20)14-22-13-8-7-10-18/h5,15,20H,1,6-9,11-14H2,2-4H3. The summed E-state index contributed by atoms with van der Waals surface area (Å²) in [5.41, 5.74) is -0.550.